The Morgan fingerprint density at radius 3 is 1.64 bits per heavy atom. The zero-order valence-corrected chi connectivity index (χ0v) is 18.3. The first kappa shape index (κ1) is 26.0. The second-order valence-corrected chi connectivity index (χ2v) is 8.58. The minimum absolute atomic E-state index is 0.174. The van der Waals surface area contributed by atoms with E-state index >= 15 is 0 Å². The first-order valence-corrected chi connectivity index (χ1v) is 11.2. The molecule has 0 aromatic heterocycles. The van der Waals surface area contributed by atoms with E-state index in [1.54, 1.807) is 6.08 Å². The molecule has 33 heavy (non-hydrogen) atoms. The second kappa shape index (κ2) is 12.2. The lowest BCUT2D eigenvalue weighted by Gasteiger charge is -2.39. The Morgan fingerprint density at radius 2 is 1.09 bits per heavy atom. The molecule has 5 unspecified atom stereocenters. The molecule has 2 saturated heterocycles. The van der Waals surface area contributed by atoms with Gasteiger partial charge in [0.15, 0.2) is 0 Å². The molecule has 7 N–H and O–H groups in total. The van der Waals surface area contributed by atoms with Gasteiger partial charge in [0.05, 0.1) is 37.6 Å². The van der Waals surface area contributed by atoms with Gasteiger partial charge < -0.3 is 45.2 Å². The average Bonchev–Trinajstić information content (AvgIpc) is 2.81. The van der Waals surface area contributed by atoms with Gasteiger partial charge in [-0.05, 0) is 24.0 Å². The van der Waals surface area contributed by atoms with Crippen LogP contribution >= 0.6 is 0 Å². The lowest BCUT2D eigenvalue weighted by atomic mass is 9.93. The molecule has 0 radical (unpaired) electrons. The highest BCUT2D eigenvalue weighted by molar-refractivity contribution is 5.55. The number of hydrogen-bond acceptors (Lipinski definition) is 9. The van der Waals surface area contributed by atoms with Crippen molar-refractivity contribution in [1.29, 1.82) is 0 Å². The normalized spacial score (nSPS) is 37.7. The third-order valence-electron chi connectivity index (χ3n) is 6.16. The maximum absolute atomic E-state index is 10.1. The van der Waals surface area contributed by atoms with E-state index in [1.807, 2.05) is 42.5 Å². The van der Waals surface area contributed by atoms with Crippen molar-refractivity contribution in [3.05, 3.63) is 47.5 Å². The SMILES string of the molecule is OCC1O[C@H](C/C=C/c2ccc(/C=C/CC3O[C@H](CO)C(O)C[C@@H]3O)cc2)C(O)C(O)[C@@H]1O. The quantitative estimate of drug-likeness (QED) is 0.260. The molecule has 1 aromatic rings. The summed E-state index contributed by atoms with van der Waals surface area (Å²) in [5, 5.41) is 68.1. The van der Waals surface area contributed by atoms with Gasteiger partial charge in [-0.1, -0.05) is 48.6 Å². The fourth-order valence-electron chi connectivity index (χ4n) is 4.10. The van der Waals surface area contributed by atoms with Crippen LogP contribution in [-0.4, -0.2) is 104 Å². The van der Waals surface area contributed by atoms with Crippen molar-refractivity contribution in [1.82, 2.24) is 0 Å². The minimum atomic E-state index is -1.37. The molecule has 2 aliphatic rings. The summed E-state index contributed by atoms with van der Waals surface area (Å²) in [6.07, 6.45) is -0.0926. The third-order valence-corrected chi connectivity index (χ3v) is 6.16. The highest BCUT2D eigenvalue weighted by atomic mass is 16.5. The summed E-state index contributed by atoms with van der Waals surface area (Å²) in [5.41, 5.74) is 1.87. The van der Waals surface area contributed by atoms with Crippen molar-refractivity contribution in [3.63, 3.8) is 0 Å². The number of aliphatic hydroxyl groups excluding tert-OH is 7. The van der Waals surface area contributed by atoms with Crippen LogP contribution in [-0.2, 0) is 9.47 Å². The lowest BCUT2D eigenvalue weighted by Crippen LogP contribution is -2.58. The van der Waals surface area contributed by atoms with E-state index in [-0.39, 0.29) is 13.0 Å². The average molecular weight is 467 g/mol. The molecule has 0 amide bonds. The van der Waals surface area contributed by atoms with Crippen molar-refractivity contribution in [2.24, 2.45) is 0 Å². The third kappa shape index (κ3) is 6.69. The van der Waals surface area contributed by atoms with Gasteiger partial charge in [0.1, 0.15) is 30.5 Å². The topological polar surface area (TPSA) is 160 Å². The standard InChI is InChI=1S/C24H34O9/c25-12-20-17(28)11-16(27)18(32-20)5-1-3-14-7-9-15(10-8-14)4-2-6-19-22(29)24(31)23(30)21(13-26)33-19/h1-4,7-10,16-31H,5-6,11-13H2/b3-1+,4-2+/t16-,17?,18?,19+,20+,21?,22?,23+,24?/m0/s1. The van der Waals surface area contributed by atoms with E-state index in [2.05, 4.69) is 0 Å². The van der Waals surface area contributed by atoms with Gasteiger partial charge in [0.2, 0.25) is 0 Å². The van der Waals surface area contributed by atoms with Crippen LogP contribution in [0.25, 0.3) is 12.2 Å². The molecule has 0 spiro atoms. The van der Waals surface area contributed by atoms with Crippen molar-refractivity contribution in [2.45, 2.75) is 74.2 Å². The molecule has 0 bridgehead atoms. The van der Waals surface area contributed by atoms with Gasteiger partial charge >= 0.3 is 0 Å². The molecule has 9 nitrogen and oxygen atoms in total. The maximum Gasteiger partial charge on any atom is 0.111 e. The molecule has 184 valence electrons. The van der Waals surface area contributed by atoms with Gasteiger partial charge in [-0.15, -0.1) is 0 Å². The van der Waals surface area contributed by atoms with E-state index in [0.29, 0.717) is 12.8 Å². The fraction of sp³-hybridized carbons (Fsp3) is 0.583. The maximum atomic E-state index is 10.1. The van der Waals surface area contributed by atoms with Gasteiger partial charge in [-0.2, -0.15) is 0 Å². The number of benzene rings is 1. The molecular weight excluding hydrogens is 432 g/mol. The van der Waals surface area contributed by atoms with Crippen molar-refractivity contribution in [3.8, 4) is 0 Å². The van der Waals surface area contributed by atoms with Crippen LogP contribution in [0, 0.1) is 0 Å². The number of ether oxygens (including phenoxy) is 2. The van der Waals surface area contributed by atoms with Gasteiger partial charge in [-0.3, -0.25) is 0 Å². The zero-order valence-electron chi connectivity index (χ0n) is 18.3. The summed E-state index contributed by atoms with van der Waals surface area (Å²) in [6, 6.07) is 7.66. The Balaban J connectivity index is 1.49. The van der Waals surface area contributed by atoms with Crippen LogP contribution in [0.5, 0.6) is 0 Å². The lowest BCUT2D eigenvalue weighted by molar-refractivity contribution is -0.227. The molecule has 9 heteroatoms. The van der Waals surface area contributed by atoms with Crippen LogP contribution in [0.4, 0.5) is 0 Å². The fourth-order valence-corrected chi connectivity index (χ4v) is 4.10. The Hall–Kier alpha value is -1.66. The number of rotatable bonds is 8. The van der Waals surface area contributed by atoms with E-state index in [1.165, 1.54) is 0 Å². The molecule has 2 heterocycles. The van der Waals surface area contributed by atoms with Crippen LogP contribution in [0.2, 0.25) is 0 Å². The zero-order chi connectivity index (χ0) is 24.0. The summed E-state index contributed by atoms with van der Waals surface area (Å²) < 4.78 is 11.0. The predicted molar refractivity (Wildman–Crippen MR) is 120 cm³/mol. The summed E-state index contributed by atoms with van der Waals surface area (Å²) in [6.45, 7) is -0.741. The predicted octanol–water partition coefficient (Wildman–Crippen LogP) is -0.793. The van der Waals surface area contributed by atoms with E-state index in [9.17, 15) is 35.7 Å². The smallest absolute Gasteiger partial charge is 0.111 e. The minimum Gasteiger partial charge on any atom is -0.394 e. The first-order valence-electron chi connectivity index (χ1n) is 11.2. The van der Waals surface area contributed by atoms with Gasteiger partial charge in [0, 0.05) is 6.42 Å². The first-order chi connectivity index (χ1) is 15.8. The van der Waals surface area contributed by atoms with Gasteiger partial charge in [0.25, 0.3) is 0 Å². The van der Waals surface area contributed by atoms with E-state index in [4.69, 9.17) is 9.47 Å². The van der Waals surface area contributed by atoms with Crippen LogP contribution in [0.3, 0.4) is 0 Å². The van der Waals surface area contributed by atoms with Crippen molar-refractivity contribution in [2.75, 3.05) is 13.2 Å². The molecular formula is C24H34O9. The van der Waals surface area contributed by atoms with Gasteiger partial charge in [-0.25, -0.2) is 0 Å². The summed E-state index contributed by atoms with van der Waals surface area (Å²) in [5.74, 6) is 0. The molecule has 1 aromatic carbocycles. The largest absolute Gasteiger partial charge is 0.394 e. The highest BCUT2D eigenvalue weighted by Crippen LogP contribution is 2.24. The molecule has 0 aliphatic carbocycles. The summed E-state index contributed by atoms with van der Waals surface area (Å²) in [4.78, 5) is 0. The van der Waals surface area contributed by atoms with E-state index < -0.39 is 61.5 Å². The monoisotopic (exact) mass is 466 g/mol. The van der Waals surface area contributed by atoms with Crippen LogP contribution in [0.15, 0.2) is 36.4 Å². The number of hydrogen-bond donors (Lipinski definition) is 7. The highest BCUT2D eigenvalue weighted by Gasteiger charge is 2.42. The number of aliphatic hydroxyl groups is 7. The molecule has 0 saturated carbocycles. The molecule has 3 rings (SSSR count). The van der Waals surface area contributed by atoms with Crippen molar-refractivity contribution >= 4 is 12.2 Å². The van der Waals surface area contributed by atoms with E-state index in [0.717, 1.165) is 11.1 Å². The molecule has 2 aliphatic heterocycles. The van der Waals surface area contributed by atoms with Crippen molar-refractivity contribution < 1.29 is 45.2 Å². The Bertz CT molecular complexity index is 779. The summed E-state index contributed by atoms with van der Waals surface area (Å²) in [7, 11) is 0. The summed E-state index contributed by atoms with van der Waals surface area (Å²) >= 11 is 0. The van der Waals surface area contributed by atoms with Crippen LogP contribution < -0.4 is 0 Å². The molecule has 9 atom stereocenters. The molecule has 2 fully saturated rings. The van der Waals surface area contributed by atoms with Crippen LogP contribution in [0.1, 0.15) is 30.4 Å². The Kier molecular flexibility index (Phi) is 9.57. The Labute approximate surface area is 192 Å². The second-order valence-electron chi connectivity index (χ2n) is 8.58. The Morgan fingerprint density at radius 1 is 0.636 bits per heavy atom.